The number of anilines is 2. The number of aromatic nitrogens is 1. The normalized spacial score (nSPS) is 10.4. The fourth-order valence-corrected chi connectivity index (χ4v) is 1.54. The van der Waals surface area contributed by atoms with Crippen molar-refractivity contribution in [1.29, 1.82) is 0 Å². The van der Waals surface area contributed by atoms with E-state index in [9.17, 15) is 0 Å². The second kappa shape index (κ2) is 5.47. The number of aryl methyl sites for hydroxylation is 1. The number of hydrogen-bond donors (Lipinski definition) is 2. The summed E-state index contributed by atoms with van der Waals surface area (Å²) < 4.78 is 0. The summed E-state index contributed by atoms with van der Waals surface area (Å²) in [5, 5.41) is 0. The third-order valence-electron chi connectivity index (χ3n) is 2.24. The van der Waals surface area contributed by atoms with Gasteiger partial charge in [-0.2, -0.15) is 0 Å². The second-order valence-electron chi connectivity index (χ2n) is 3.64. The number of hydrogen-bond acceptors (Lipinski definition) is 3. The summed E-state index contributed by atoms with van der Waals surface area (Å²) >= 11 is 0. The molecule has 0 amide bonds. The van der Waals surface area contributed by atoms with E-state index in [-0.39, 0.29) is 0 Å². The lowest BCUT2D eigenvalue weighted by Crippen LogP contribution is -1.98. The molecule has 0 fully saturated rings. The molecule has 14 heavy (non-hydrogen) atoms. The molecule has 1 rings (SSSR count). The summed E-state index contributed by atoms with van der Waals surface area (Å²) in [6, 6.07) is 3.81. The van der Waals surface area contributed by atoms with E-state index in [1.807, 2.05) is 12.1 Å². The molecule has 3 nitrogen and oxygen atoms in total. The van der Waals surface area contributed by atoms with Crippen molar-refractivity contribution in [3.8, 4) is 0 Å². The minimum absolute atomic E-state index is 0.524. The van der Waals surface area contributed by atoms with E-state index in [1.165, 1.54) is 31.2 Å². The van der Waals surface area contributed by atoms with Crippen LogP contribution >= 0.6 is 0 Å². The standard InChI is InChI=1S/C11H19N3/c1-2-3-4-5-6-9-7-10(12)14-11(13)8-9/h7-8H,2-6H2,1H3,(H4,12,13,14). The fourth-order valence-electron chi connectivity index (χ4n) is 1.54. The third kappa shape index (κ3) is 3.64. The predicted molar refractivity (Wildman–Crippen MR) is 60.9 cm³/mol. The smallest absolute Gasteiger partial charge is 0.126 e. The van der Waals surface area contributed by atoms with Crippen LogP contribution in [-0.2, 0) is 6.42 Å². The van der Waals surface area contributed by atoms with Gasteiger partial charge in [-0.3, -0.25) is 0 Å². The van der Waals surface area contributed by atoms with Crippen molar-refractivity contribution >= 4 is 11.6 Å². The monoisotopic (exact) mass is 193 g/mol. The Bertz CT molecular complexity index is 264. The molecule has 0 atom stereocenters. The molecule has 1 heterocycles. The fraction of sp³-hybridized carbons (Fsp3) is 0.545. The highest BCUT2D eigenvalue weighted by Gasteiger charge is 1.97. The van der Waals surface area contributed by atoms with E-state index in [0.29, 0.717) is 11.6 Å². The highest BCUT2D eigenvalue weighted by molar-refractivity contribution is 5.43. The Morgan fingerprint density at radius 3 is 2.29 bits per heavy atom. The zero-order valence-corrected chi connectivity index (χ0v) is 8.79. The van der Waals surface area contributed by atoms with Crippen molar-refractivity contribution < 1.29 is 0 Å². The summed E-state index contributed by atoms with van der Waals surface area (Å²) in [6.07, 6.45) is 6.10. The molecule has 78 valence electrons. The number of nitrogen functional groups attached to an aromatic ring is 2. The number of unbranched alkanes of at least 4 members (excludes halogenated alkanes) is 3. The van der Waals surface area contributed by atoms with Crippen LogP contribution in [0.4, 0.5) is 11.6 Å². The van der Waals surface area contributed by atoms with Crippen LogP contribution in [0.3, 0.4) is 0 Å². The van der Waals surface area contributed by atoms with Crippen molar-refractivity contribution in [2.24, 2.45) is 0 Å². The summed E-state index contributed by atoms with van der Waals surface area (Å²) in [5.41, 5.74) is 12.4. The van der Waals surface area contributed by atoms with E-state index in [1.54, 1.807) is 0 Å². The molecule has 0 saturated heterocycles. The molecule has 1 aromatic heterocycles. The number of pyridine rings is 1. The highest BCUT2D eigenvalue weighted by atomic mass is 14.9. The Morgan fingerprint density at radius 1 is 1.07 bits per heavy atom. The number of nitrogens with two attached hydrogens (primary N) is 2. The molecule has 0 unspecified atom stereocenters. The van der Waals surface area contributed by atoms with Gasteiger partial charge in [0.2, 0.25) is 0 Å². The lowest BCUT2D eigenvalue weighted by atomic mass is 10.1. The largest absolute Gasteiger partial charge is 0.384 e. The molecule has 0 spiro atoms. The Balaban J connectivity index is 2.42. The van der Waals surface area contributed by atoms with Crippen molar-refractivity contribution in [2.45, 2.75) is 39.0 Å². The van der Waals surface area contributed by atoms with Gasteiger partial charge in [-0.05, 0) is 30.5 Å². The van der Waals surface area contributed by atoms with Crippen LogP contribution in [0.2, 0.25) is 0 Å². The zero-order valence-electron chi connectivity index (χ0n) is 8.79. The van der Waals surface area contributed by atoms with Gasteiger partial charge < -0.3 is 11.5 Å². The minimum Gasteiger partial charge on any atom is -0.384 e. The predicted octanol–water partition coefficient (Wildman–Crippen LogP) is 2.37. The maximum absolute atomic E-state index is 5.60. The zero-order chi connectivity index (χ0) is 10.4. The summed E-state index contributed by atoms with van der Waals surface area (Å²) in [6.45, 7) is 2.21. The van der Waals surface area contributed by atoms with Crippen LogP contribution in [0.5, 0.6) is 0 Å². The van der Waals surface area contributed by atoms with E-state index < -0.39 is 0 Å². The summed E-state index contributed by atoms with van der Waals surface area (Å²) in [5.74, 6) is 1.05. The summed E-state index contributed by atoms with van der Waals surface area (Å²) in [7, 11) is 0. The first kappa shape index (κ1) is 10.8. The number of nitrogens with zero attached hydrogens (tertiary/aromatic N) is 1. The molecule has 0 bridgehead atoms. The molecule has 0 saturated carbocycles. The van der Waals surface area contributed by atoms with Gasteiger partial charge in [0, 0.05) is 0 Å². The van der Waals surface area contributed by atoms with Crippen LogP contribution in [0.15, 0.2) is 12.1 Å². The van der Waals surface area contributed by atoms with Crippen LogP contribution < -0.4 is 11.5 Å². The second-order valence-corrected chi connectivity index (χ2v) is 3.64. The SMILES string of the molecule is CCCCCCc1cc(N)nc(N)c1. The van der Waals surface area contributed by atoms with Crippen molar-refractivity contribution in [2.75, 3.05) is 11.5 Å². The maximum Gasteiger partial charge on any atom is 0.126 e. The van der Waals surface area contributed by atoms with E-state index in [2.05, 4.69) is 11.9 Å². The molecule has 0 aromatic carbocycles. The van der Waals surface area contributed by atoms with Gasteiger partial charge in [0.15, 0.2) is 0 Å². The van der Waals surface area contributed by atoms with Crippen LogP contribution in [-0.4, -0.2) is 4.98 Å². The quantitative estimate of drug-likeness (QED) is 0.705. The molecule has 0 aliphatic rings. The first-order chi connectivity index (χ1) is 6.72. The highest BCUT2D eigenvalue weighted by Crippen LogP contribution is 2.12. The Morgan fingerprint density at radius 2 is 1.71 bits per heavy atom. The Hall–Kier alpha value is -1.25. The third-order valence-corrected chi connectivity index (χ3v) is 2.24. The van der Waals surface area contributed by atoms with Crippen LogP contribution in [0.25, 0.3) is 0 Å². The van der Waals surface area contributed by atoms with Crippen molar-refractivity contribution in [3.05, 3.63) is 17.7 Å². The van der Waals surface area contributed by atoms with Gasteiger partial charge in [0.1, 0.15) is 11.6 Å². The van der Waals surface area contributed by atoms with Gasteiger partial charge >= 0.3 is 0 Å². The lowest BCUT2D eigenvalue weighted by Gasteiger charge is -2.03. The van der Waals surface area contributed by atoms with Gasteiger partial charge in [0.25, 0.3) is 0 Å². The van der Waals surface area contributed by atoms with E-state index >= 15 is 0 Å². The molecule has 0 aliphatic heterocycles. The molecule has 4 N–H and O–H groups in total. The maximum atomic E-state index is 5.60. The van der Waals surface area contributed by atoms with Gasteiger partial charge in [-0.15, -0.1) is 0 Å². The molecule has 3 heteroatoms. The molecule has 1 aromatic rings. The Labute approximate surface area is 85.5 Å². The minimum atomic E-state index is 0.524. The molecule has 0 aliphatic carbocycles. The van der Waals surface area contributed by atoms with Crippen molar-refractivity contribution in [1.82, 2.24) is 4.98 Å². The molecular weight excluding hydrogens is 174 g/mol. The van der Waals surface area contributed by atoms with Crippen LogP contribution in [0, 0.1) is 0 Å². The van der Waals surface area contributed by atoms with Crippen LogP contribution in [0.1, 0.15) is 38.2 Å². The average Bonchev–Trinajstić information content (AvgIpc) is 2.11. The van der Waals surface area contributed by atoms with E-state index in [0.717, 1.165) is 6.42 Å². The average molecular weight is 193 g/mol. The first-order valence-electron chi connectivity index (χ1n) is 5.24. The van der Waals surface area contributed by atoms with Crippen molar-refractivity contribution in [3.63, 3.8) is 0 Å². The molecule has 0 radical (unpaired) electrons. The van der Waals surface area contributed by atoms with Gasteiger partial charge in [-0.25, -0.2) is 4.98 Å². The summed E-state index contributed by atoms with van der Waals surface area (Å²) in [4.78, 5) is 3.93. The topological polar surface area (TPSA) is 64.9 Å². The number of rotatable bonds is 5. The lowest BCUT2D eigenvalue weighted by molar-refractivity contribution is 0.667. The van der Waals surface area contributed by atoms with Gasteiger partial charge in [-0.1, -0.05) is 26.2 Å². The first-order valence-corrected chi connectivity index (χ1v) is 5.24. The van der Waals surface area contributed by atoms with E-state index in [4.69, 9.17) is 11.5 Å². The Kier molecular flexibility index (Phi) is 4.23. The van der Waals surface area contributed by atoms with Gasteiger partial charge in [0.05, 0.1) is 0 Å². The molecular formula is C11H19N3.